The van der Waals surface area contributed by atoms with Crippen LogP contribution < -0.4 is 5.32 Å². The molecule has 1 unspecified atom stereocenters. The van der Waals surface area contributed by atoms with Crippen LogP contribution in [0.15, 0.2) is 25.0 Å². The minimum atomic E-state index is -0.0578. The van der Waals surface area contributed by atoms with Gasteiger partial charge < -0.3 is 10.2 Å². The fourth-order valence-electron chi connectivity index (χ4n) is 2.57. The SMILES string of the molecule is C=CC(=O)N1CCC(C(=O)NC(C)c2cnn(C)c2)CC1. The molecule has 0 aliphatic carbocycles. The molecule has 1 N–H and O–H groups in total. The number of aryl methyl sites for hydroxylation is 1. The lowest BCUT2D eigenvalue weighted by Crippen LogP contribution is -2.42. The van der Waals surface area contributed by atoms with E-state index in [1.54, 1.807) is 15.8 Å². The van der Waals surface area contributed by atoms with Crippen molar-refractivity contribution in [2.75, 3.05) is 13.1 Å². The fraction of sp³-hybridized carbons (Fsp3) is 0.533. The third kappa shape index (κ3) is 3.71. The molecular weight excluding hydrogens is 268 g/mol. The topological polar surface area (TPSA) is 67.2 Å². The molecule has 6 nitrogen and oxygen atoms in total. The first kappa shape index (κ1) is 15.3. The van der Waals surface area contributed by atoms with Gasteiger partial charge in [0.15, 0.2) is 0 Å². The van der Waals surface area contributed by atoms with Crippen molar-refractivity contribution in [2.24, 2.45) is 13.0 Å². The first-order valence-electron chi connectivity index (χ1n) is 7.21. The smallest absolute Gasteiger partial charge is 0.245 e. The molecule has 0 spiro atoms. The van der Waals surface area contributed by atoms with Gasteiger partial charge in [0.2, 0.25) is 11.8 Å². The van der Waals surface area contributed by atoms with E-state index in [4.69, 9.17) is 0 Å². The Labute approximate surface area is 124 Å². The van der Waals surface area contributed by atoms with Gasteiger partial charge in [0.1, 0.15) is 0 Å². The number of rotatable bonds is 4. The molecule has 1 aromatic heterocycles. The number of hydrogen-bond acceptors (Lipinski definition) is 3. The summed E-state index contributed by atoms with van der Waals surface area (Å²) in [6.07, 6.45) is 6.38. The van der Waals surface area contributed by atoms with E-state index in [2.05, 4.69) is 17.0 Å². The summed E-state index contributed by atoms with van der Waals surface area (Å²) in [5.41, 5.74) is 0.991. The van der Waals surface area contributed by atoms with Crippen LogP contribution in [0.4, 0.5) is 0 Å². The highest BCUT2D eigenvalue weighted by Crippen LogP contribution is 2.19. The molecule has 1 fully saturated rings. The van der Waals surface area contributed by atoms with E-state index >= 15 is 0 Å². The summed E-state index contributed by atoms with van der Waals surface area (Å²) in [4.78, 5) is 25.5. The zero-order valence-electron chi connectivity index (χ0n) is 12.6. The van der Waals surface area contributed by atoms with Gasteiger partial charge in [-0.05, 0) is 25.8 Å². The lowest BCUT2D eigenvalue weighted by Gasteiger charge is -2.31. The zero-order chi connectivity index (χ0) is 15.4. The maximum Gasteiger partial charge on any atom is 0.245 e. The van der Waals surface area contributed by atoms with Crippen LogP contribution in [-0.4, -0.2) is 39.6 Å². The van der Waals surface area contributed by atoms with E-state index < -0.39 is 0 Å². The van der Waals surface area contributed by atoms with Gasteiger partial charge in [-0.25, -0.2) is 0 Å². The number of aromatic nitrogens is 2. The number of nitrogens with zero attached hydrogens (tertiary/aromatic N) is 3. The molecule has 1 saturated heterocycles. The van der Waals surface area contributed by atoms with Crippen molar-refractivity contribution >= 4 is 11.8 Å². The maximum absolute atomic E-state index is 12.3. The molecule has 2 rings (SSSR count). The van der Waals surface area contributed by atoms with Gasteiger partial charge in [-0.2, -0.15) is 5.10 Å². The van der Waals surface area contributed by atoms with Crippen molar-refractivity contribution < 1.29 is 9.59 Å². The van der Waals surface area contributed by atoms with Gasteiger partial charge in [-0.3, -0.25) is 14.3 Å². The standard InChI is InChI=1S/C15H22N4O2/c1-4-14(20)19-7-5-12(6-8-19)15(21)17-11(2)13-9-16-18(3)10-13/h4,9-12H,1,5-8H2,2-3H3,(H,17,21). The van der Waals surface area contributed by atoms with Crippen LogP contribution in [0, 0.1) is 5.92 Å². The van der Waals surface area contributed by atoms with E-state index in [0.717, 1.165) is 5.56 Å². The van der Waals surface area contributed by atoms with Gasteiger partial charge >= 0.3 is 0 Å². The Bertz CT molecular complexity index is 530. The van der Waals surface area contributed by atoms with Gasteiger partial charge in [-0.15, -0.1) is 0 Å². The predicted octanol–water partition coefficient (Wildman–Crippen LogP) is 1.02. The quantitative estimate of drug-likeness (QED) is 0.842. The number of carbonyl (C=O) groups is 2. The zero-order valence-corrected chi connectivity index (χ0v) is 12.6. The second-order valence-corrected chi connectivity index (χ2v) is 5.48. The molecule has 0 radical (unpaired) electrons. The first-order chi connectivity index (χ1) is 10.0. The fourth-order valence-corrected chi connectivity index (χ4v) is 2.57. The molecule has 0 saturated carbocycles. The molecule has 114 valence electrons. The average Bonchev–Trinajstić information content (AvgIpc) is 2.93. The molecule has 2 amide bonds. The average molecular weight is 290 g/mol. The Morgan fingerprint density at radius 3 is 2.67 bits per heavy atom. The van der Waals surface area contributed by atoms with Crippen LogP contribution in [0.25, 0.3) is 0 Å². The Balaban J connectivity index is 1.85. The van der Waals surface area contributed by atoms with E-state index in [9.17, 15) is 9.59 Å². The maximum atomic E-state index is 12.3. The number of likely N-dealkylation sites (tertiary alicyclic amines) is 1. The van der Waals surface area contributed by atoms with Crippen molar-refractivity contribution in [1.29, 1.82) is 0 Å². The molecule has 0 aromatic carbocycles. The third-order valence-corrected chi connectivity index (χ3v) is 3.94. The van der Waals surface area contributed by atoms with Crippen molar-refractivity contribution in [3.8, 4) is 0 Å². The Morgan fingerprint density at radius 2 is 2.14 bits per heavy atom. The predicted molar refractivity (Wildman–Crippen MR) is 79.3 cm³/mol. The van der Waals surface area contributed by atoms with E-state index in [-0.39, 0.29) is 23.8 Å². The van der Waals surface area contributed by atoms with Crippen LogP contribution in [0.3, 0.4) is 0 Å². The van der Waals surface area contributed by atoms with Crippen LogP contribution in [-0.2, 0) is 16.6 Å². The molecule has 0 bridgehead atoms. The second kappa shape index (κ2) is 6.56. The highest BCUT2D eigenvalue weighted by Gasteiger charge is 2.27. The van der Waals surface area contributed by atoms with Crippen LogP contribution >= 0.6 is 0 Å². The second-order valence-electron chi connectivity index (χ2n) is 5.48. The van der Waals surface area contributed by atoms with E-state index in [1.165, 1.54) is 6.08 Å². The summed E-state index contributed by atoms with van der Waals surface area (Å²) < 4.78 is 1.72. The highest BCUT2D eigenvalue weighted by atomic mass is 16.2. The summed E-state index contributed by atoms with van der Waals surface area (Å²) in [6, 6.07) is -0.0564. The number of amides is 2. The van der Waals surface area contributed by atoms with E-state index in [1.807, 2.05) is 20.2 Å². The molecule has 1 aliphatic heterocycles. The number of piperidine rings is 1. The van der Waals surface area contributed by atoms with E-state index in [0.29, 0.717) is 25.9 Å². The Morgan fingerprint density at radius 1 is 1.48 bits per heavy atom. The lowest BCUT2D eigenvalue weighted by atomic mass is 9.95. The summed E-state index contributed by atoms with van der Waals surface area (Å²) in [5.74, 6) is -0.0346. The Hall–Kier alpha value is -2.11. The first-order valence-corrected chi connectivity index (χ1v) is 7.21. The molecule has 6 heteroatoms. The minimum absolute atomic E-state index is 0.0296. The molecule has 1 aromatic rings. The van der Waals surface area contributed by atoms with Gasteiger partial charge in [0.05, 0.1) is 12.2 Å². The molecule has 1 atom stereocenters. The molecule has 2 heterocycles. The number of carbonyl (C=O) groups excluding carboxylic acids is 2. The van der Waals surface area contributed by atoms with Crippen LogP contribution in [0.2, 0.25) is 0 Å². The number of hydrogen-bond donors (Lipinski definition) is 1. The minimum Gasteiger partial charge on any atom is -0.349 e. The van der Waals surface area contributed by atoms with Crippen molar-refractivity contribution in [2.45, 2.75) is 25.8 Å². The Kier molecular flexibility index (Phi) is 4.77. The lowest BCUT2D eigenvalue weighted by molar-refractivity contribution is -0.132. The van der Waals surface area contributed by atoms with Crippen molar-refractivity contribution in [1.82, 2.24) is 20.0 Å². The molecular formula is C15H22N4O2. The van der Waals surface area contributed by atoms with Gasteiger partial charge in [0, 0.05) is 37.8 Å². The van der Waals surface area contributed by atoms with Crippen LogP contribution in [0.1, 0.15) is 31.4 Å². The van der Waals surface area contributed by atoms with Gasteiger partial charge in [0.25, 0.3) is 0 Å². The summed E-state index contributed by atoms with van der Waals surface area (Å²) in [7, 11) is 1.85. The highest BCUT2D eigenvalue weighted by molar-refractivity contribution is 5.87. The largest absolute Gasteiger partial charge is 0.349 e. The summed E-state index contributed by atoms with van der Waals surface area (Å²) >= 11 is 0. The third-order valence-electron chi connectivity index (χ3n) is 3.94. The summed E-state index contributed by atoms with van der Waals surface area (Å²) in [5, 5.41) is 7.13. The van der Waals surface area contributed by atoms with Crippen molar-refractivity contribution in [3.63, 3.8) is 0 Å². The molecule has 21 heavy (non-hydrogen) atoms. The monoisotopic (exact) mass is 290 g/mol. The normalized spacial score (nSPS) is 17.3. The van der Waals surface area contributed by atoms with Crippen molar-refractivity contribution in [3.05, 3.63) is 30.6 Å². The van der Waals surface area contributed by atoms with Crippen LogP contribution in [0.5, 0.6) is 0 Å². The molecule has 1 aliphatic rings. The van der Waals surface area contributed by atoms with Gasteiger partial charge in [-0.1, -0.05) is 6.58 Å². The summed E-state index contributed by atoms with van der Waals surface area (Å²) in [6.45, 7) is 6.67. The number of nitrogens with one attached hydrogen (secondary N) is 1.